The van der Waals surface area contributed by atoms with Gasteiger partial charge in [0.15, 0.2) is 0 Å². The van der Waals surface area contributed by atoms with Gasteiger partial charge in [0.25, 0.3) is 0 Å². The Bertz CT molecular complexity index is 1120. The van der Waals surface area contributed by atoms with Crippen LogP contribution < -0.4 is 9.46 Å². The first-order valence-corrected chi connectivity index (χ1v) is 13.9. The van der Waals surface area contributed by atoms with Crippen molar-refractivity contribution in [1.82, 2.24) is 14.5 Å². The number of benzene rings is 2. The molecule has 3 atom stereocenters. The average Bonchev–Trinajstić information content (AvgIpc) is 3.25. The lowest BCUT2D eigenvalue weighted by molar-refractivity contribution is 0.0876. The lowest BCUT2D eigenvalue weighted by Gasteiger charge is -2.45. The van der Waals surface area contributed by atoms with E-state index in [1.54, 1.807) is 6.08 Å². The van der Waals surface area contributed by atoms with Gasteiger partial charge < -0.3 is 9.64 Å². The minimum absolute atomic E-state index is 0.261. The monoisotopic (exact) mass is 481 g/mol. The van der Waals surface area contributed by atoms with Gasteiger partial charge in [-0.05, 0) is 79.9 Å². The van der Waals surface area contributed by atoms with Crippen LogP contribution in [0.5, 0.6) is 5.75 Å². The average molecular weight is 482 g/mol. The number of aryl methyl sites for hydroxylation is 1. The van der Waals surface area contributed by atoms with Gasteiger partial charge in [0.05, 0.1) is 0 Å². The summed E-state index contributed by atoms with van der Waals surface area (Å²) in [7, 11) is -1.50. The van der Waals surface area contributed by atoms with E-state index in [-0.39, 0.29) is 6.54 Å². The summed E-state index contributed by atoms with van der Waals surface area (Å²) in [6, 6.07) is 17.8. The fourth-order valence-corrected chi connectivity index (χ4v) is 6.77. The van der Waals surface area contributed by atoms with Crippen LogP contribution in [0.2, 0.25) is 0 Å². The van der Waals surface area contributed by atoms with E-state index in [0.717, 1.165) is 18.6 Å². The fourth-order valence-electron chi connectivity index (χ4n) is 5.48. The number of ether oxygens (including phenoxy) is 1. The van der Waals surface area contributed by atoms with Crippen LogP contribution in [-0.2, 0) is 22.9 Å². The Labute approximate surface area is 203 Å². The van der Waals surface area contributed by atoms with Gasteiger partial charge >= 0.3 is 0 Å². The molecule has 1 saturated heterocycles. The number of fused-ring (bicyclic) bond motifs is 1. The molecule has 0 aromatic heterocycles. The molecule has 2 aromatic carbocycles. The van der Waals surface area contributed by atoms with Gasteiger partial charge in [-0.15, -0.1) is 0 Å². The number of nitrogens with one attached hydrogen (secondary N) is 1. The second kappa shape index (κ2) is 10.1. The number of rotatable bonds is 9. The maximum absolute atomic E-state index is 12.5. The van der Waals surface area contributed by atoms with Crippen molar-refractivity contribution < 1.29 is 13.2 Å². The first-order valence-electron chi connectivity index (χ1n) is 12.4. The van der Waals surface area contributed by atoms with E-state index < -0.39 is 15.3 Å². The Balaban J connectivity index is 1.26. The first kappa shape index (κ1) is 23.4. The van der Waals surface area contributed by atoms with Crippen LogP contribution in [0.15, 0.2) is 60.8 Å². The summed E-state index contributed by atoms with van der Waals surface area (Å²) in [6.07, 6.45) is 8.18. The van der Waals surface area contributed by atoms with Gasteiger partial charge in [-0.1, -0.05) is 36.4 Å². The normalized spacial score (nSPS) is 24.6. The summed E-state index contributed by atoms with van der Waals surface area (Å²) in [5.41, 5.74) is 4.19. The van der Waals surface area contributed by atoms with Gasteiger partial charge in [-0.2, -0.15) is 0 Å². The van der Waals surface area contributed by atoms with Gasteiger partial charge in [-0.3, -0.25) is 4.90 Å². The van der Waals surface area contributed by atoms with Crippen LogP contribution in [-0.4, -0.2) is 69.3 Å². The molecule has 3 aliphatic rings. The molecule has 2 aliphatic heterocycles. The molecule has 0 amide bonds. The smallest absolute Gasteiger partial charge is 0.220 e. The molecule has 0 saturated carbocycles. The second-order valence-electron chi connectivity index (χ2n) is 9.76. The molecule has 0 bridgehead atoms. The van der Waals surface area contributed by atoms with Crippen molar-refractivity contribution in [3.8, 4) is 5.75 Å². The molecule has 1 aliphatic carbocycles. The van der Waals surface area contributed by atoms with E-state index in [2.05, 4.69) is 52.1 Å². The number of hydrogen-bond donors (Lipinski definition) is 1. The standard InChI is InChI=1S/C27H35N3O3S/c1-29-16-12-24(20-29)34(31,32)28-13-17-33-23-10-8-22-9-11-27(30-14-5-15-30)26(25(22)19-23)18-21-6-3-2-4-7-21/h2-4,6-8,10,12,16,19,24,26-28H,5,9,11,13-15,17-18,20H2,1H3. The number of nitrogens with zero attached hydrogens (tertiary/aromatic N) is 2. The molecule has 34 heavy (non-hydrogen) atoms. The molecule has 1 N–H and O–H groups in total. The number of hydrogen-bond acceptors (Lipinski definition) is 5. The third kappa shape index (κ3) is 5.16. The molecule has 5 rings (SSSR count). The van der Waals surface area contributed by atoms with Gasteiger partial charge in [-0.25, -0.2) is 13.1 Å². The van der Waals surface area contributed by atoms with Crippen LogP contribution in [0.3, 0.4) is 0 Å². The van der Waals surface area contributed by atoms with E-state index in [4.69, 9.17) is 4.74 Å². The highest BCUT2D eigenvalue weighted by molar-refractivity contribution is 7.90. The Kier molecular flexibility index (Phi) is 6.95. The topological polar surface area (TPSA) is 61.9 Å². The van der Waals surface area contributed by atoms with Gasteiger partial charge in [0.1, 0.15) is 17.6 Å². The molecule has 182 valence electrons. The summed E-state index contributed by atoms with van der Waals surface area (Å²) >= 11 is 0. The largest absolute Gasteiger partial charge is 0.492 e. The van der Waals surface area contributed by atoms with Crippen molar-refractivity contribution in [3.63, 3.8) is 0 Å². The number of likely N-dealkylation sites (tertiary alicyclic amines) is 1. The molecule has 7 heteroatoms. The predicted molar refractivity (Wildman–Crippen MR) is 136 cm³/mol. The van der Waals surface area contributed by atoms with Crippen molar-refractivity contribution in [2.45, 2.75) is 42.9 Å². The molecular weight excluding hydrogens is 446 g/mol. The van der Waals surface area contributed by atoms with E-state index in [1.807, 2.05) is 24.2 Å². The third-order valence-electron chi connectivity index (χ3n) is 7.44. The fraction of sp³-hybridized carbons (Fsp3) is 0.481. The van der Waals surface area contributed by atoms with E-state index in [0.29, 0.717) is 25.1 Å². The predicted octanol–water partition coefficient (Wildman–Crippen LogP) is 3.16. The van der Waals surface area contributed by atoms with Crippen molar-refractivity contribution in [2.75, 3.05) is 39.8 Å². The Hall–Kier alpha value is -2.35. The van der Waals surface area contributed by atoms with Crippen molar-refractivity contribution >= 4 is 10.0 Å². The minimum atomic E-state index is -3.38. The van der Waals surface area contributed by atoms with Crippen LogP contribution in [0.4, 0.5) is 0 Å². The first-order chi connectivity index (χ1) is 16.5. The lowest BCUT2D eigenvalue weighted by Crippen LogP contribution is -2.49. The van der Waals surface area contributed by atoms with Crippen LogP contribution in [0.1, 0.15) is 35.4 Å². The molecule has 0 radical (unpaired) electrons. The molecular formula is C27H35N3O3S. The zero-order valence-electron chi connectivity index (χ0n) is 19.9. The van der Waals surface area contributed by atoms with E-state index in [1.165, 1.54) is 42.6 Å². The highest BCUT2D eigenvalue weighted by Gasteiger charge is 2.36. The third-order valence-corrected chi connectivity index (χ3v) is 9.15. The Morgan fingerprint density at radius 1 is 1.12 bits per heavy atom. The molecule has 1 fully saturated rings. The maximum atomic E-state index is 12.5. The SMILES string of the molecule is CN1C=CC(S(=O)(=O)NCCOc2ccc3c(c2)C(Cc2ccccc2)C(N2CCC2)CC3)C1. The summed E-state index contributed by atoms with van der Waals surface area (Å²) in [4.78, 5) is 4.53. The molecule has 2 aromatic rings. The highest BCUT2D eigenvalue weighted by Crippen LogP contribution is 2.40. The molecule has 0 spiro atoms. The molecule has 2 heterocycles. The highest BCUT2D eigenvalue weighted by atomic mass is 32.2. The van der Waals surface area contributed by atoms with E-state index >= 15 is 0 Å². The Morgan fingerprint density at radius 2 is 1.94 bits per heavy atom. The second-order valence-corrected chi connectivity index (χ2v) is 11.7. The minimum Gasteiger partial charge on any atom is -0.492 e. The van der Waals surface area contributed by atoms with Crippen LogP contribution >= 0.6 is 0 Å². The van der Waals surface area contributed by atoms with Crippen molar-refractivity contribution in [3.05, 3.63) is 77.5 Å². The zero-order valence-corrected chi connectivity index (χ0v) is 20.7. The summed E-state index contributed by atoms with van der Waals surface area (Å²) in [5.74, 6) is 1.26. The zero-order chi connectivity index (χ0) is 23.5. The van der Waals surface area contributed by atoms with Crippen LogP contribution in [0.25, 0.3) is 0 Å². The van der Waals surface area contributed by atoms with Crippen LogP contribution in [0, 0.1) is 0 Å². The summed E-state index contributed by atoms with van der Waals surface area (Å²) < 4.78 is 33.7. The summed E-state index contributed by atoms with van der Waals surface area (Å²) in [6.45, 7) is 3.46. The van der Waals surface area contributed by atoms with Gasteiger partial charge in [0.2, 0.25) is 10.0 Å². The Morgan fingerprint density at radius 3 is 2.65 bits per heavy atom. The van der Waals surface area contributed by atoms with Crippen molar-refractivity contribution in [2.24, 2.45) is 0 Å². The van der Waals surface area contributed by atoms with Gasteiger partial charge in [0, 0.05) is 32.1 Å². The maximum Gasteiger partial charge on any atom is 0.220 e. The summed E-state index contributed by atoms with van der Waals surface area (Å²) in [5, 5.41) is -0.501. The van der Waals surface area contributed by atoms with Crippen molar-refractivity contribution in [1.29, 1.82) is 0 Å². The molecule has 3 unspecified atom stereocenters. The lowest BCUT2D eigenvalue weighted by atomic mass is 9.75. The number of sulfonamides is 1. The van der Waals surface area contributed by atoms with E-state index in [9.17, 15) is 8.42 Å². The molecule has 6 nitrogen and oxygen atoms in total. The quantitative estimate of drug-likeness (QED) is 0.558.